The zero-order valence-electron chi connectivity index (χ0n) is 12.0. The summed E-state index contributed by atoms with van der Waals surface area (Å²) in [5.74, 6) is 0.326. The maximum absolute atomic E-state index is 12.5. The summed E-state index contributed by atoms with van der Waals surface area (Å²) in [7, 11) is 0. The van der Waals surface area contributed by atoms with E-state index < -0.39 is 0 Å². The Kier molecular flexibility index (Phi) is 5.09. The molecule has 2 nitrogen and oxygen atoms in total. The van der Waals surface area contributed by atoms with E-state index in [4.69, 9.17) is 0 Å². The minimum atomic E-state index is -0.300. The molecule has 0 aliphatic heterocycles. The molecule has 0 heterocycles. The van der Waals surface area contributed by atoms with E-state index in [2.05, 4.69) is 19.9 Å². The monoisotopic (exact) mass is 248 g/mol. The summed E-state index contributed by atoms with van der Waals surface area (Å²) in [6.07, 6.45) is 0. The molecule has 0 saturated carbocycles. The Balaban J connectivity index is 3.15. The lowest BCUT2D eigenvalue weighted by Crippen LogP contribution is -2.24. The maximum Gasteiger partial charge on any atom is 0.168 e. The van der Waals surface area contributed by atoms with E-state index in [1.54, 1.807) is 0 Å². The van der Waals surface area contributed by atoms with Gasteiger partial charge in [-0.1, -0.05) is 39.8 Å². The van der Waals surface area contributed by atoms with Crippen molar-refractivity contribution < 1.29 is 9.90 Å². The number of carbonyl (C=O) groups excluding carboxylic acids is 1. The van der Waals surface area contributed by atoms with Crippen LogP contribution in [0.4, 0.5) is 0 Å². The van der Waals surface area contributed by atoms with Gasteiger partial charge in [0.25, 0.3) is 0 Å². The minimum Gasteiger partial charge on any atom is -0.396 e. The normalized spacial score (nSPS) is 13.1. The first-order chi connectivity index (χ1) is 8.38. The lowest BCUT2D eigenvalue weighted by atomic mass is 9.85. The van der Waals surface area contributed by atoms with Gasteiger partial charge in [-0.15, -0.1) is 0 Å². The van der Waals surface area contributed by atoms with Gasteiger partial charge in [-0.25, -0.2) is 0 Å². The van der Waals surface area contributed by atoms with E-state index in [-0.39, 0.29) is 24.2 Å². The highest BCUT2D eigenvalue weighted by Crippen LogP contribution is 2.23. The molecule has 1 aromatic rings. The summed E-state index contributed by atoms with van der Waals surface area (Å²) in [5.41, 5.74) is 2.92. The van der Waals surface area contributed by atoms with E-state index in [1.807, 2.05) is 32.9 Å². The molecule has 2 heteroatoms. The van der Waals surface area contributed by atoms with Crippen LogP contribution in [-0.2, 0) is 0 Å². The molecular weight excluding hydrogens is 224 g/mol. The Morgan fingerprint density at radius 2 is 1.83 bits per heavy atom. The van der Waals surface area contributed by atoms with E-state index in [0.29, 0.717) is 5.92 Å². The van der Waals surface area contributed by atoms with Crippen LogP contribution in [-0.4, -0.2) is 17.5 Å². The molecule has 0 amide bonds. The van der Waals surface area contributed by atoms with Crippen molar-refractivity contribution in [3.63, 3.8) is 0 Å². The van der Waals surface area contributed by atoms with Crippen LogP contribution in [0.3, 0.4) is 0 Å². The van der Waals surface area contributed by atoms with E-state index in [1.165, 1.54) is 5.56 Å². The predicted octanol–water partition coefficient (Wildman–Crippen LogP) is 3.57. The topological polar surface area (TPSA) is 37.3 Å². The molecule has 0 radical (unpaired) electrons. The second-order valence-corrected chi connectivity index (χ2v) is 5.63. The lowest BCUT2D eigenvalue weighted by Gasteiger charge is -2.19. The molecule has 0 bridgehead atoms. The van der Waals surface area contributed by atoms with Crippen LogP contribution in [0.15, 0.2) is 18.2 Å². The minimum absolute atomic E-state index is 0.0625. The number of aliphatic hydroxyl groups is 1. The summed E-state index contributed by atoms with van der Waals surface area (Å²) in [4.78, 5) is 12.5. The molecule has 0 saturated heterocycles. The second kappa shape index (κ2) is 6.14. The van der Waals surface area contributed by atoms with Crippen molar-refractivity contribution >= 4 is 5.78 Å². The smallest absolute Gasteiger partial charge is 0.168 e. The van der Waals surface area contributed by atoms with Gasteiger partial charge < -0.3 is 5.11 Å². The van der Waals surface area contributed by atoms with E-state index in [0.717, 1.165) is 11.1 Å². The van der Waals surface area contributed by atoms with Crippen LogP contribution >= 0.6 is 0 Å². The average molecular weight is 248 g/mol. The molecule has 1 N–H and O–H groups in total. The molecule has 1 atom stereocenters. The zero-order chi connectivity index (χ0) is 13.9. The number of aliphatic hydroxyl groups excluding tert-OH is 1. The van der Waals surface area contributed by atoms with Gasteiger partial charge >= 0.3 is 0 Å². The first-order valence-electron chi connectivity index (χ1n) is 6.64. The summed E-state index contributed by atoms with van der Waals surface area (Å²) >= 11 is 0. The fourth-order valence-corrected chi connectivity index (χ4v) is 2.06. The molecule has 1 unspecified atom stereocenters. The Morgan fingerprint density at radius 3 is 2.28 bits per heavy atom. The first-order valence-corrected chi connectivity index (χ1v) is 6.64. The van der Waals surface area contributed by atoms with Crippen molar-refractivity contribution in [2.24, 2.45) is 11.8 Å². The summed E-state index contributed by atoms with van der Waals surface area (Å²) in [6.45, 7) is 10.0. The number of hydrogen-bond acceptors (Lipinski definition) is 2. The molecule has 1 aromatic carbocycles. The standard InChI is InChI=1S/C16H24O2/c1-10(2)13-7-6-12(5)14(8-13)16(18)15(9-17)11(3)4/h6-8,10-11,15,17H,9H2,1-5H3. The number of rotatable bonds is 5. The van der Waals surface area contributed by atoms with Gasteiger partial charge in [0.05, 0.1) is 6.61 Å². The van der Waals surface area contributed by atoms with Crippen LogP contribution in [0.1, 0.15) is 55.1 Å². The lowest BCUT2D eigenvalue weighted by molar-refractivity contribution is 0.0806. The Labute approximate surface area is 110 Å². The Hall–Kier alpha value is -1.15. The highest BCUT2D eigenvalue weighted by Gasteiger charge is 2.24. The van der Waals surface area contributed by atoms with Crippen LogP contribution in [0.2, 0.25) is 0 Å². The number of benzene rings is 1. The van der Waals surface area contributed by atoms with Crippen molar-refractivity contribution in [2.45, 2.75) is 40.5 Å². The molecular formula is C16H24O2. The maximum atomic E-state index is 12.5. The summed E-state index contributed by atoms with van der Waals surface area (Å²) < 4.78 is 0. The van der Waals surface area contributed by atoms with Gasteiger partial charge in [0.2, 0.25) is 0 Å². The van der Waals surface area contributed by atoms with Crippen molar-refractivity contribution in [1.29, 1.82) is 0 Å². The zero-order valence-corrected chi connectivity index (χ0v) is 12.0. The number of ketones is 1. The van der Waals surface area contributed by atoms with Gasteiger partial charge in [-0.2, -0.15) is 0 Å². The van der Waals surface area contributed by atoms with Crippen molar-refractivity contribution in [3.8, 4) is 0 Å². The van der Waals surface area contributed by atoms with E-state index >= 15 is 0 Å². The molecule has 100 valence electrons. The van der Waals surface area contributed by atoms with Crippen molar-refractivity contribution in [1.82, 2.24) is 0 Å². The van der Waals surface area contributed by atoms with E-state index in [9.17, 15) is 9.90 Å². The Bertz CT molecular complexity index is 419. The Morgan fingerprint density at radius 1 is 1.22 bits per heavy atom. The SMILES string of the molecule is Cc1ccc(C(C)C)cc1C(=O)C(CO)C(C)C. The van der Waals surface area contributed by atoms with Gasteiger partial charge in [0.1, 0.15) is 0 Å². The van der Waals surface area contributed by atoms with Crippen LogP contribution in [0, 0.1) is 18.8 Å². The summed E-state index contributed by atoms with van der Waals surface area (Å²) in [5, 5.41) is 9.38. The van der Waals surface area contributed by atoms with Crippen LogP contribution in [0.25, 0.3) is 0 Å². The van der Waals surface area contributed by atoms with Gasteiger partial charge in [0, 0.05) is 11.5 Å². The largest absolute Gasteiger partial charge is 0.396 e. The van der Waals surface area contributed by atoms with Gasteiger partial charge in [-0.3, -0.25) is 4.79 Å². The van der Waals surface area contributed by atoms with Crippen molar-refractivity contribution in [3.05, 3.63) is 34.9 Å². The predicted molar refractivity (Wildman–Crippen MR) is 75.0 cm³/mol. The van der Waals surface area contributed by atoms with Crippen LogP contribution in [0.5, 0.6) is 0 Å². The quantitative estimate of drug-likeness (QED) is 0.809. The number of hydrogen-bond donors (Lipinski definition) is 1. The van der Waals surface area contributed by atoms with Gasteiger partial charge in [0.15, 0.2) is 5.78 Å². The molecule has 1 rings (SSSR count). The highest BCUT2D eigenvalue weighted by atomic mass is 16.3. The second-order valence-electron chi connectivity index (χ2n) is 5.63. The molecule has 0 aliphatic carbocycles. The third-order valence-electron chi connectivity index (χ3n) is 3.53. The molecule has 0 aliphatic rings. The van der Waals surface area contributed by atoms with Crippen LogP contribution < -0.4 is 0 Å². The third kappa shape index (κ3) is 3.20. The number of aryl methyl sites for hydroxylation is 1. The first kappa shape index (κ1) is 14.9. The fraction of sp³-hybridized carbons (Fsp3) is 0.562. The average Bonchev–Trinajstić information content (AvgIpc) is 2.29. The summed E-state index contributed by atoms with van der Waals surface area (Å²) in [6, 6.07) is 6.05. The number of Topliss-reactive ketones (excluding diaryl/α,β-unsaturated/α-hetero) is 1. The molecule has 18 heavy (non-hydrogen) atoms. The fourth-order valence-electron chi connectivity index (χ4n) is 2.06. The highest BCUT2D eigenvalue weighted by molar-refractivity contribution is 5.99. The number of carbonyl (C=O) groups is 1. The van der Waals surface area contributed by atoms with Gasteiger partial charge in [-0.05, 0) is 36.0 Å². The molecule has 0 aromatic heterocycles. The third-order valence-corrected chi connectivity index (χ3v) is 3.53. The van der Waals surface area contributed by atoms with Crippen molar-refractivity contribution in [2.75, 3.05) is 6.61 Å². The molecule has 0 fully saturated rings. The molecule has 0 spiro atoms.